The van der Waals surface area contributed by atoms with Crippen LogP contribution < -0.4 is 10.1 Å². The number of rotatable bonds is 11. The molecule has 0 radical (unpaired) electrons. The SMILES string of the molecule is COCCCOc1cc(CC(=O)N(C(C)C)[C@@H]2CCCNC2)c(C#N)cc1-c1cc(C(=O)N2CCCCC2)ccc1F. The summed E-state index contributed by atoms with van der Waals surface area (Å²) in [6, 6.07) is 9.94. The molecule has 0 aliphatic carbocycles. The zero-order chi connectivity index (χ0) is 30.1. The number of amides is 2. The van der Waals surface area contributed by atoms with Crippen LogP contribution in [0.2, 0.25) is 0 Å². The van der Waals surface area contributed by atoms with Gasteiger partial charge in [-0.3, -0.25) is 9.59 Å². The van der Waals surface area contributed by atoms with Gasteiger partial charge in [-0.2, -0.15) is 5.26 Å². The molecule has 2 amide bonds. The average molecular weight is 579 g/mol. The number of nitrogens with zero attached hydrogens (tertiary/aromatic N) is 3. The second-order valence-corrected chi connectivity index (χ2v) is 11.4. The third kappa shape index (κ3) is 7.67. The first-order valence-corrected chi connectivity index (χ1v) is 15.1. The number of piperidine rings is 2. The van der Waals surface area contributed by atoms with Gasteiger partial charge in [-0.25, -0.2) is 4.39 Å². The summed E-state index contributed by atoms with van der Waals surface area (Å²) in [5.41, 5.74) is 1.77. The summed E-state index contributed by atoms with van der Waals surface area (Å²) in [4.78, 5) is 30.6. The Morgan fingerprint density at radius 2 is 1.90 bits per heavy atom. The lowest BCUT2D eigenvalue weighted by molar-refractivity contribution is -0.135. The van der Waals surface area contributed by atoms with Crippen molar-refractivity contribution in [3.63, 3.8) is 0 Å². The standard InChI is InChI=1S/C33H43FN4O4/c1-23(2)38(27-9-7-12-36-22-27)32(39)20-25-19-31(42-16-8-15-41-3)29(18-26(25)21-35)28-17-24(10-11-30(28)34)33(40)37-13-5-4-6-14-37/h10-11,17-19,23,27,36H,4-9,12-16,20,22H2,1-3H3/t27-/m1/s1. The number of halogens is 1. The Bertz CT molecular complexity index is 1280. The molecule has 4 rings (SSSR count). The van der Waals surface area contributed by atoms with Crippen molar-refractivity contribution in [2.75, 3.05) is 46.5 Å². The fourth-order valence-corrected chi connectivity index (χ4v) is 5.97. The lowest BCUT2D eigenvalue weighted by Gasteiger charge is -2.37. The largest absolute Gasteiger partial charge is 0.493 e. The van der Waals surface area contributed by atoms with Gasteiger partial charge in [0.05, 0.1) is 24.7 Å². The van der Waals surface area contributed by atoms with Crippen molar-refractivity contribution in [2.45, 2.75) is 70.9 Å². The molecule has 8 nitrogen and oxygen atoms in total. The van der Waals surface area contributed by atoms with Crippen LogP contribution in [0.15, 0.2) is 30.3 Å². The molecule has 0 unspecified atom stereocenters. The number of hydrogen-bond acceptors (Lipinski definition) is 6. The second-order valence-electron chi connectivity index (χ2n) is 11.4. The molecule has 2 aliphatic heterocycles. The smallest absolute Gasteiger partial charge is 0.253 e. The van der Waals surface area contributed by atoms with Crippen LogP contribution in [-0.2, 0) is 16.0 Å². The van der Waals surface area contributed by atoms with Crippen molar-refractivity contribution in [1.82, 2.24) is 15.1 Å². The summed E-state index contributed by atoms with van der Waals surface area (Å²) >= 11 is 0. The third-order valence-corrected chi connectivity index (χ3v) is 8.07. The highest BCUT2D eigenvalue weighted by Gasteiger charge is 2.29. The van der Waals surface area contributed by atoms with E-state index in [4.69, 9.17) is 9.47 Å². The quantitative estimate of drug-likeness (QED) is 0.380. The van der Waals surface area contributed by atoms with Crippen molar-refractivity contribution in [3.8, 4) is 22.9 Å². The van der Waals surface area contributed by atoms with Crippen LogP contribution in [-0.4, -0.2) is 80.2 Å². The van der Waals surface area contributed by atoms with Gasteiger partial charge >= 0.3 is 0 Å². The van der Waals surface area contributed by atoms with Crippen molar-refractivity contribution in [2.24, 2.45) is 0 Å². The maximum atomic E-state index is 15.4. The summed E-state index contributed by atoms with van der Waals surface area (Å²) in [6.07, 6.45) is 5.58. The molecule has 2 saturated heterocycles. The number of likely N-dealkylation sites (tertiary alicyclic amines) is 1. The van der Waals surface area contributed by atoms with Gasteiger partial charge in [0, 0.05) is 68.5 Å². The van der Waals surface area contributed by atoms with E-state index in [2.05, 4.69) is 11.4 Å². The number of carbonyl (C=O) groups excluding carboxylic acids is 2. The fraction of sp³-hybridized carbons (Fsp3) is 0.545. The zero-order valence-electron chi connectivity index (χ0n) is 25.1. The lowest BCUT2D eigenvalue weighted by Crippen LogP contribution is -2.52. The molecule has 2 aliphatic rings. The third-order valence-electron chi connectivity index (χ3n) is 8.07. The average Bonchev–Trinajstić information content (AvgIpc) is 3.00. The lowest BCUT2D eigenvalue weighted by atomic mass is 9.94. The maximum Gasteiger partial charge on any atom is 0.253 e. The van der Waals surface area contributed by atoms with Crippen LogP contribution in [0.5, 0.6) is 5.75 Å². The van der Waals surface area contributed by atoms with Crippen molar-refractivity contribution in [3.05, 3.63) is 52.8 Å². The molecular weight excluding hydrogens is 535 g/mol. The number of ether oxygens (including phenoxy) is 2. The normalized spacial score (nSPS) is 17.1. The van der Waals surface area contributed by atoms with Crippen molar-refractivity contribution >= 4 is 11.8 Å². The molecule has 226 valence electrons. The van der Waals surface area contributed by atoms with Crippen LogP contribution in [0.25, 0.3) is 11.1 Å². The van der Waals surface area contributed by atoms with Gasteiger partial charge in [0.15, 0.2) is 0 Å². The highest BCUT2D eigenvalue weighted by molar-refractivity contribution is 5.96. The molecule has 2 fully saturated rings. The summed E-state index contributed by atoms with van der Waals surface area (Å²) in [6.45, 7) is 7.87. The molecule has 42 heavy (non-hydrogen) atoms. The Morgan fingerprint density at radius 3 is 2.57 bits per heavy atom. The second kappa shape index (κ2) is 15.1. The molecule has 0 aromatic heterocycles. The van der Waals surface area contributed by atoms with Gasteiger partial charge in [-0.1, -0.05) is 0 Å². The number of methoxy groups -OCH3 is 1. The monoisotopic (exact) mass is 578 g/mol. The predicted octanol–water partition coefficient (Wildman–Crippen LogP) is 4.94. The number of benzene rings is 2. The first kappa shape index (κ1) is 31.5. The fourth-order valence-electron chi connectivity index (χ4n) is 5.97. The Morgan fingerprint density at radius 1 is 1.12 bits per heavy atom. The molecule has 1 atom stereocenters. The van der Waals surface area contributed by atoms with E-state index in [9.17, 15) is 14.9 Å². The predicted molar refractivity (Wildman–Crippen MR) is 160 cm³/mol. The Hall–Kier alpha value is -3.48. The molecule has 2 heterocycles. The minimum atomic E-state index is -0.518. The minimum Gasteiger partial charge on any atom is -0.493 e. The van der Waals surface area contributed by atoms with Gasteiger partial charge in [0.25, 0.3) is 5.91 Å². The summed E-state index contributed by atoms with van der Waals surface area (Å²) in [5.74, 6) is -0.346. The number of nitrogens with one attached hydrogen (secondary N) is 1. The van der Waals surface area contributed by atoms with Crippen molar-refractivity contribution < 1.29 is 23.5 Å². The van der Waals surface area contributed by atoms with E-state index in [1.54, 1.807) is 30.2 Å². The van der Waals surface area contributed by atoms with Crippen LogP contribution in [0.1, 0.15) is 73.9 Å². The molecule has 0 bridgehead atoms. The summed E-state index contributed by atoms with van der Waals surface area (Å²) in [7, 11) is 1.61. The van der Waals surface area contributed by atoms with Gasteiger partial charge < -0.3 is 24.6 Å². The number of nitriles is 1. The van der Waals surface area contributed by atoms with E-state index < -0.39 is 5.82 Å². The maximum absolute atomic E-state index is 15.4. The van der Waals surface area contributed by atoms with Crippen LogP contribution in [0.4, 0.5) is 4.39 Å². The molecule has 0 saturated carbocycles. The zero-order valence-corrected chi connectivity index (χ0v) is 25.1. The first-order valence-electron chi connectivity index (χ1n) is 15.1. The molecule has 0 spiro atoms. The minimum absolute atomic E-state index is 0.00579. The van der Waals surface area contributed by atoms with Crippen LogP contribution in [0.3, 0.4) is 0 Å². The van der Waals surface area contributed by atoms with Gasteiger partial charge in [0.1, 0.15) is 11.6 Å². The molecule has 9 heteroatoms. The summed E-state index contributed by atoms with van der Waals surface area (Å²) in [5, 5.41) is 13.5. The van der Waals surface area contributed by atoms with E-state index in [-0.39, 0.29) is 41.4 Å². The van der Waals surface area contributed by atoms with E-state index in [0.29, 0.717) is 55.2 Å². The molecule has 1 N–H and O–H groups in total. The molecule has 2 aromatic carbocycles. The van der Waals surface area contributed by atoms with Crippen LogP contribution in [0, 0.1) is 17.1 Å². The van der Waals surface area contributed by atoms with Gasteiger partial charge in [0.2, 0.25) is 5.91 Å². The van der Waals surface area contributed by atoms with Crippen molar-refractivity contribution in [1.29, 1.82) is 5.26 Å². The summed E-state index contributed by atoms with van der Waals surface area (Å²) < 4.78 is 26.7. The van der Waals surface area contributed by atoms with Crippen LogP contribution >= 0.6 is 0 Å². The highest BCUT2D eigenvalue weighted by atomic mass is 19.1. The Balaban J connectivity index is 1.70. The number of carbonyl (C=O) groups is 2. The van der Waals surface area contributed by atoms with E-state index in [1.165, 1.54) is 12.1 Å². The topological polar surface area (TPSA) is 94.9 Å². The highest BCUT2D eigenvalue weighted by Crippen LogP contribution is 2.36. The van der Waals surface area contributed by atoms with Gasteiger partial charge in [-0.05, 0) is 88.4 Å². The van der Waals surface area contributed by atoms with Gasteiger partial charge in [-0.15, -0.1) is 0 Å². The Labute approximate surface area is 248 Å². The number of hydrogen-bond donors (Lipinski definition) is 1. The Kier molecular flexibility index (Phi) is 11.3. The van der Waals surface area contributed by atoms with E-state index in [0.717, 1.165) is 45.2 Å². The molecular formula is C33H43FN4O4. The van der Waals surface area contributed by atoms with E-state index in [1.807, 2.05) is 18.7 Å². The first-order chi connectivity index (χ1) is 20.3. The van der Waals surface area contributed by atoms with E-state index >= 15 is 4.39 Å². The molecule has 2 aromatic rings.